The molecule has 1 aliphatic rings. The first-order valence-electron chi connectivity index (χ1n) is 7.99. The molecule has 0 radical (unpaired) electrons. The van der Waals surface area contributed by atoms with E-state index >= 15 is 0 Å². The summed E-state index contributed by atoms with van der Waals surface area (Å²) in [5, 5.41) is 0. The molecule has 0 unspecified atom stereocenters. The molecule has 2 rings (SSSR count). The quantitative estimate of drug-likeness (QED) is 0.788. The van der Waals surface area contributed by atoms with E-state index in [1.54, 1.807) is 26.8 Å². The minimum atomic E-state index is -0.758. The van der Waals surface area contributed by atoms with E-state index in [-0.39, 0.29) is 5.88 Å². The van der Waals surface area contributed by atoms with Crippen LogP contribution in [0.5, 0.6) is 5.88 Å². The van der Waals surface area contributed by atoms with Crippen LogP contribution in [0.1, 0.15) is 39.9 Å². The Bertz CT molecular complexity index is 537. The van der Waals surface area contributed by atoms with Gasteiger partial charge in [-0.1, -0.05) is 6.92 Å². The van der Waals surface area contributed by atoms with Crippen molar-refractivity contribution in [2.45, 2.75) is 46.1 Å². The SMILES string of the molecule is CCCc1nc(OC(=O)OC(C)(C)C)cc(N2CCOCC2)n1. The van der Waals surface area contributed by atoms with Crippen molar-refractivity contribution in [3.8, 4) is 5.88 Å². The highest BCUT2D eigenvalue weighted by molar-refractivity contribution is 5.64. The molecular weight excluding hydrogens is 298 g/mol. The van der Waals surface area contributed by atoms with Crippen molar-refractivity contribution >= 4 is 12.0 Å². The fraction of sp³-hybridized carbons (Fsp3) is 0.688. The maximum atomic E-state index is 11.8. The summed E-state index contributed by atoms with van der Waals surface area (Å²) < 4.78 is 15.8. The Morgan fingerprint density at radius 3 is 2.61 bits per heavy atom. The molecule has 128 valence electrons. The molecule has 0 atom stereocenters. The number of aromatic nitrogens is 2. The predicted octanol–water partition coefficient (Wildman–Crippen LogP) is 2.58. The number of nitrogens with zero attached hydrogens (tertiary/aromatic N) is 3. The first kappa shape index (κ1) is 17.5. The van der Waals surface area contributed by atoms with Gasteiger partial charge in [-0.3, -0.25) is 0 Å². The number of morpholine rings is 1. The lowest BCUT2D eigenvalue weighted by Crippen LogP contribution is -2.37. The molecule has 0 saturated carbocycles. The van der Waals surface area contributed by atoms with Gasteiger partial charge in [0.1, 0.15) is 17.2 Å². The number of hydrogen-bond acceptors (Lipinski definition) is 7. The minimum Gasteiger partial charge on any atom is -0.428 e. The smallest absolute Gasteiger partial charge is 0.428 e. The van der Waals surface area contributed by atoms with Gasteiger partial charge in [0.05, 0.1) is 13.2 Å². The molecule has 1 aromatic heterocycles. The van der Waals surface area contributed by atoms with Crippen molar-refractivity contribution in [3.05, 3.63) is 11.9 Å². The van der Waals surface area contributed by atoms with E-state index in [0.29, 0.717) is 19.0 Å². The Morgan fingerprint density at radius 2 is 2.00 bits per heavy atom. The highest BCUT2D eigenvalue weighted by Crippen LogP contribution is 2.20. The van der Waals surface area contributed by atoms with Gasteiger partial charge in [-0.25, -0.2) is 9.78 Å². The number of carbonyl (C=O) groups excluding carboxylic acids is 1. The number of rotatable bonds is 4. The third-order valence-electron chi connectivity index (χ3n) is 3.12. The fourth-order valence-electron chi connectivity index (χ4n) is 2.16. The topological polar surface area (TPSA) is 73.8 Å². The van der Waals surface area contributed by atoms with E-state index < -0.39 is 11.8 Å². The van der Waals surface area contributed by atoms with Crippen molar-refractivity contribution < 1.29 is 19.0 Å². The van der Waals surface area contributed by atoms with Gasteiger partial charge in [-0.2, -0.15) is 4.98 Å². The summed E-state index contributed by atoms with van der Waals surface area (Å²) in [7, 11) is 0. The van der Waals surface area contributed by atoms with Gasteiger partial charge < -0.3 is 19.1 Å². The normalized spacial score (nSPS) is 15.4. The molecule has 0 spiro atoms. The third-order valence-corrected chi connectivity index (χ3v) is 3.12. The van der Waals surface area contributed by atoms with Crippen molar-refractivity contribution in [1.29, 1.82) is 0 Å². The van der Waals surface area contributed by atoms with Crippen LogP contribution in [0.4, 0.5) is 10.6 Å². The second-order valence-electron chi connectivity index (χ2n) is 6.40. The van der Waals surface area contributed by atoms with Crippen LogP contribution in [0.25, 0.3) is 0 Å². The molecule has 1 aliphatic heterocycles. The number of aryl methyl sites for hydroxylation is 1. The molecular formula is C16H25N3O4. The van der Waals surface area contributed by atoms with E-state index in [4.69, 9.17) is 14.2 Å². The standard InChI is InChI=1S/C16H25N3O4/c1-5-6-12-17-13(19-7-9-21-10-8-19)11-14(18-12)22-15(20)23-16(2,3)4/h11H,5-10H2,1-4H3. The molecule has 1 aromatic rings. The molecule has 0 aliphatic carbocycles. The van der Waals surface area contributed by atoms with E-state index in [2.05, 4.69) is 21.8 Å². The monoisotopic (exact) mass is 323 g/mol. The molecule has 2 heterocycles. The Morgan fingerprint density at radius 1 is 1.30 bits per heavy atom. The van der Waals surface area contributed by atoms with Gasteiger partial charge in [0.25, 0.3) is 0 Å². The van der Waals surface area contributed by atoms with Crippen LogP contribution in [-0.2, 0) is 15.9 Å². The summed E-state index contributed by atoms with van der Waals surface area (Å²) >= 11 is 0. The van der Waals surface area contributed by atoms with Crippen LogP contribution in [0, 0.1) is 0 Å². The predicted molar refractivity (Wildman–Crippen MR) is 85.9 cm³/mol. The van der Waals surface area contributed by atoms with Crippen molar-refractivity contribution in [3.63, 3.8) is 0 Å². The van der Waals surface area contributed by atoms with Gasteiger partial charge in [-0.05, 0) is 27.2 Å². The Balaban J connectivity index is 2.17. The van der Waals surface area contributed by atoms with Crippen LogP contribution in [0.3, 0.4) is 0 Å². The Kier molecular flexibility index (Phi) is 5.76. The highest BCUT2D eigenvalue weighted by Gasteiger charge is 2.20. The lowest BCUT2D eigenvalue weighted by atomic mass is 10.2. The van der Waals surface area contributed by atoms with Crippen molar-refractivity contribution in [2.75, 3.05) is 31.2 Å². The molecule has 23 heavy (non-hydrogen) atoms. The zero-order valence-corrected chi connectivity index (χ0v) is 14.3. The van der Waals surface area contributed by atoms with Crippen LogP contribution in [-0.4, -0.2) is 48.0 Å². The van der Waals surface area contributed by atoms with Crippen LogP contribution in [0.15, 0.2) is 6.07 Å². The minimum absolute atomic E-state index is 0.221. The van der Waals surface area contributed by atoms with Crippen molar-refractivity contribution in [1.82, 2.24) is 9.97 Å². The van der Waals surface area contributed by atoms with Crippen LogP contribution < -0.4 is 9.64 Å². The van der Waals surface area contributed by atoms with E-state index in [9.17, 15) is 4.79 Å². The van der Waals surface area contributed by atoms with Gasteiger partial charge >= 0.3 is 6.16 Å². The first-order valence-corrected chi connectivity index (χ1v) is 7.99. The number of carbonyl (C=O) groups is 1. The van der Waals surface area contributed by atoms with E-state index in [0.717, 1.165) is 31.7 Å². The maximum Gasteiger partial charge on any atom is 0.515 e. The third kappa shape index (κ3) is 5.67. The van der Waals surface area contributed by atoms with Gasteiger partial charge in [0, 0.05) is 25.6 Å². The molecule has 1 fully saturated rings. The number of ether oxygens (including phenoxy) is 3. The summed E-state index contributed by atoms with van der Waals surface area (Å²) in [6.07, 6.45) is 0.882. The molecule has 1 saturated heterocycles. The zero-order valence-electron chi connectivity index (χ0n) is 14.3. The summed E-state index contributed by atoms with van der Waals surface area (Å²) in [5.41, 5.74) is -0.608. The van der Waals surface area contributed by atoms with Gasteiger partial charge in [0.2, 0.25) is 5.88 Å². The second kappa shape index (κ2) is 7.59. The maximum absolute atomic E-state index is 11.8. The zero-order chi connectivity index (χ0) is 16.9. The number of anilines is 1. The first-order chi connectivity index (χ1) is 10.9. The Hall–Kier alpha value is -1.89. The van der Waals surface area contributed by atoms with Crippen molar-refractivity contribution in [2.24, 2.45) is 0 Å². The average Bonchev–Trinajstić information content (AvgIpc) is 2.46. The van der Waals surface area contributed by atoms with Gasteiger partial charge in [-0.15, -0.1) is 0 Å². The molecule has 0 bridgehead atoms. The van der Waals surface area contributed by atoms with E-state index in [1.807, 2.05) is 0 Å². The summed E-state index contributed by atoms with van der Waals surface area (Å²) in [6.45, 7) is 10.3. The highest BCUT2D eigenvalue weighted by atomic mass is 16.7. The molecule has 0 N–H and O–H groups in total. The number of hydrogen-bond donors (Lipinski definition) is 0. The summed E-state index contributed by atoms with van der Waals surface area (Å²) in [5.74, 6) is 1.64. The second-order valence-corrected chi connectivity index (χ2v) is 6.40. The molecule has 0 amide bonds. The largest absolute Gasteiger partial charge is 0.515 e. The lowest BCUT2D eigenvalue weighted by Gasteiger charge is -2.28. The Labute approximate surface area is 137 Å². The molecule has 7 nitrogen and oxygen atoms in total. The summed E-state index contributed by atoms with van der Waals surface area (Å²) in [4.78, 5) is 22.8. The van der Waals surface area contributed by atoms with Gasteiger partial charge in [0.15, 0.2) is 0 Å². The van der Waals surface area contributed by atoms with Crippen LogP contribution >= 0.6 is 0 Å². The lowest BCUT2D eigenvalue weighted by molar-refractivity contribution is 0.0196. The summed E-state index contributed by atoms with van der Waals surface area (Å²) in [6, 6.07) is 1.67. The van der Waals surface area contributed by atoms with Crippen LogP contribution in [0.2, 0.25) is 0 Å². The van der Waals surface area contributed by atoms with E-state index in [1.165, 1.54) is 0 Å². The average molecular weight is 323 g/mol. The molecule has 0 aromatic carbocycles. The molecule has 7 heteroatoms. The fourth-order valence-corrected chi connectivity index (χ4v) is 2.16.